The molecule has 3 rings (SSSR count). The van der Waals surface area contributed by atoms with Gasteiger partial charge < -0.3 is 19.4 Å². The molecule has 3 heterocycles. The van der Waals surface area contributed by atoms with Crippen molar-refractivity contribution in [2.45, 2.75) is 66.1 Å². The summed E-state index contributed by atoms with van der Waals surface area (Å²) in [5, 5.41) is 14.6. The molecule has 9 nitrogen and oxygen atoms in total. The van der Waals surface area contributed by atoms with Crippen molar-refractivity contribution >= 4 is 57.3 Å². The molecule has 0 saturated carbocycles. The normalized spacial score (nSPS) is 11.0. The second-order valence-electron chi connectivity index (χ2n) is 8.03. The number of amides is 1. The zero-order valence-electron chi connectivity index (χ0n) is 21.9. The van der Waals surface area contributed by atoms with Crippen molar-refractivity contribution in [3.05, 3.63) is 31.8 Å². The van der Waals surface area contributed by atoms with Gasteiger partial charge in [-0.2, -0.15) is 0 Å². The number of aryl methyl sites for hydroxylation is 1. The van der Waals surface area contributed by atoms with Crippen LogP contribution in [0.25, 0.3) is 11.4 Å². The predicted molar refractivity (Wildman–Crippen MR) is 148 cm³/mol. The maximum Gasteiger partial charge on any atom is 0.348 e. The van der Waals surface area contributed by atoms with Gasteiger partial charge >= 0.3 is 11.9 Å². The van der Waals surface area contributed by atoms with Gasteiger partial charge in [0.25, 0.3) is 0 Å². The Morgan fingerprint density at radius 3 is 2.41 bits per heavy atom. The molecule has 1 amide bonds. The molecule has 1 N–H and O–H groups in total. The maximum atomic E-state index is 12.9. The number of thiophene rings is 2. The zero-order chi connectivity index (χ0) is 27.1. The fourth-order valence-electron chi connectivity index (χ4n) is 3.86. The molecule has 37 heavy (non-hydrogen) atoms. The standard InChI is InChI=1S/C25H32N4O5S3/c1-7-11-29-21(17-12-35-15(6)16(17)8-2)27-28-25(29)36-13-18(30)26-22-19(23(31)33-9-3)14(5)20(37-22)24(32)34-10-4/h12H,7-11,13H2,1-6H3,(H,26,30). The fraction of sp³-hybridized carbons (Fsp3) is 0.480. The van der Waals surface area contributed by atoms with E-state index in [4.69, 9.17) is 9.47 Å². The van der Waals surface area contributed by atoms with Gasteiger partial charge in [0.1, 0.15) is 9.88 Å². The molecule has 3 aromatic rings. The van der Waals surface area contributed by atoms with Crippen LogP contribution in [0.15, 0.2) is 10.5 Å². The van der Waals surface area contributed by atoms with Gasteiger partial charge in [0.2, 0.25) is 5.91 Å². The smallest absolute Gasteiger partial charge is 0.348 e. The lowest BCUT2D eigenvalue weighted by molar-refractivity contribution is -0.113. The van der Waals surface area contributed by atoms with Crippen LogP contribution in [0.3, 0.4) is 0 Å². The summed E-state index contributed by atoms with van der Waals surface area (Å²) in [4.78, 5) is 39.4. The third-order valence-electron chi connectivity index (χ3n) is 5.53. The largest absolute Gasteiger partial charge is 0.462 e. The fourth-order valence-corrected chi connectivity index (χ4v) is 6.67. The lowest BCUT2D eigenvalue weighted by Crippen LogP contribution is -2.17. The minimum atomic E-state index is -0.597. The summed E-state index contributed by atoms with van der Waals surface area (Å²) < 4.78 is 12.3. The number of nitrogens with zero attached hydrogens (tertiary/aromatic N) is 3. The second-order valence-corrected chi connectivity index (χ2v) is 11.1. The first kappa shape index (κ1) is 28.9. The van der Waals surface area contributed by atoms with E-state index in [-0.39, 0.29) is 40.3 Å². The highest BCUT2D eigenvalue weighted by Gasteiger charge is 2.27. The molecule has 0 aromatic carbocycles. The van der Waals surface area contributed by atoms with E-state index < -0.39 is 11.9 Å². The van der Waals surface area contributed by atoms with Gasteiger partial charge in [-0.1, -0.05) is 25.6 Å². The monoisotopic (exact) mass is 564 g/mol. The zero-order valence-corrected chi connectivity index (χ0v) is 24.4. The number of carbonyl (C=O) groups is 3. The minimum Gasteiger partial charge on any atom is -0.462 e. The van der Waals surface area contributed by atoms with Crippen LogP contribution in [-0.4, -0.2) is 51.6 Å². The highest BCUT2D eigenvalue weighted by Crippen LogP contribution is 2.35. The SMILES string of the molecule is CCCn1c(SCC(=O)Nc2sc(C(=O)OCC)c(C)c2C(=O)OCC)nnc1-c1csc(C)c1CC. The van der Waals surface area contributed by atoms with E-state index in [9.17, 15) is 14.4 Å². The van der Waals surface area contributed by atoms with Crippen LogP contribution in [0.5, 0.6) is 0 Å². The Hall–Kier alpha value is -2.70. The molecule has 0 fully saturated rings. The van der Waals surface area contributed by atoms with E-state index in [1.807, 2.05) is 0 Å². The van der Waals surface area contributed by atoms with Gasteiger partial charge in [-0.15, -0.1) is 32.9 Å². The van der Waals surface area contributed by atoms with Crippen molar-refractivity contribution in [3.63, 3.8) is 0 Å². The molecule has 0 atom stereocenters. The van der Waals surface area contributed by atoms with Crippen molar-refractivity contribution in [1.29, 1.82) is 0 Å². The van der Waals surface area contributed by atoms with Crippen LogP contribution in [-0.2, 0) is 27.2 Å². The average Bonchev–Trinajstić information content (AvgIpc) is 3.53. The van der Waals surface area contributed by atoms with Crippen molar-refractivity contribution < 1.29 is 23.9 Å². The van der Waals surface area contributed by atoms with E-state index in [1.165, 1.54) is 22.2 Å². The number of carbonyl (C=O) groups excluding carboxylic acids is 3. The van der Waals surface area contributed by atoms with Gasteiger partial charge in [0.05, 0.1) is 24.5 Å². The molecular weight excluding hydrogens is 532 g/mol. The Morgan fingerprint density at radius 1 is 1.05 bits per heavy atom. The minimum absolute atomic E-state index is 0.0547. The summed E-state index contributed by atoms with van der Waals surface area (Å²) in [5.74, 6) is -0.608. The van der Waals surface area contributed by atoms with Crippen LogP contribution >= 0.6 is 34.4 Å². The maximum absolute atomic E-state index is 12.9. The lowest BCUT2D eigenvalue weighted by Gasteiger charge is -2.10. The van der Waals surface area contributed by atoms with Crippen molar-refractivity contribution in [3.8, 4) is 11.4 Å². The first-order valence-electron chi connectivity index (χ1n) is 12.2. The van der Waals surface area contributed by atoms with Gasteiger partial charge in [-0.3, -0.25) is 4.79 Å². The predicted octanol–water partition coefficient (Wildman–Crippen LogP) is 5.74. The first-order valence-corrected chi connectivity index (χ1v) is 14.9. The number of hydrogen-bond acceptors (Lipinski definition) is 10. The summed E-state index contributed by atoms with van der Waals surface area (Å²) in [6.45, 7) is 12.5. The van der Waals surface area contributed by atoms with Gasteiger partial charge in [-0.25, -0.2) is 9.59 Å². The Balaban J connectivity index is 1.82. The van der Waals surface area contributed by atoms with Crippen LogP contribution in [0, 0.1) is 13.8 Å². The molecule has 0 radical (unpaired) electrons. The number of anilines is 1. The number of aromatic nitrogens is 3. The number of esters is 2. The molecule has 0 unspecified atom stereocenters. The van der Waals surface area contributed by atoms with Crippen LogP contribution in [0.2, 0.25) is 0 Å². The topological polar surface area (TPSA) is 112 Å². The Kier molecular flexibility index (Phi) is 10.3. The van der Waals surface area contributed by atoms with Crippen LogP contribution in [0.4, 0.5) is 5.00 Å². The Bertz CT molecular complexity index is 1280. The summed E-state index contributed by atoms with van der Waals surface area (Å²) in [5.41, 5.74) is 2.95. The first-order chi connectivity index (χ1) is 17.8. The highest BCUT2D eigenvalue weighted by molar-refractivity contribution is 7.99. The van der Waals surface area contributed by atoms with Crippen LogP contribution < -0.4 is 5.32 Å². The van der Waals surface area contributed by atoms with E-state index >= 15 is 0 Å². The van der Waals surface area contributed by atoms with Crippen LogP contribution in [0.1, 0.15) is 70.1 Å². The summed E-state index contributed by atoms with van der Waals surface area (Å²) >= 11 is 3.99. The molecule has 0 spiro atoms. The third kappa shape index (κ3) is 6.42. The Morgan fingerprint density at radius 2 is 1.76 bits per heavy atom. The molecule has 0 saturated heterocycles. The third-order valence-corrected chi connectivity index (χ3v) is 8.64. The van der Waals surface area contributed by atoms with E-state index in [2.05, 4.69) is 46.2 Å². The summed E-state index contributed by atoms with van der Waals surface area (Å²) in [7, 11) is 0. The average molecular weight is 565 g/mol. The lowest BCUT2D eigenvalue weighted by atomic mass is 10.1. The number of ether oxygens (including phenoxy) is 2. The molecule has 0 aliphatic rings. The van der Waals surface area contributed by atoms with E-state index in [0.717, 1.165) is 42.1 Å². The molecule has 0 aliphatic carbocycles. The molecule has 0 aliphatic heterocycles. The molecule has 12 heteroatoms. The number of thioether (sulfide) groups is 1. The Labute approximate surface area is 229 Å². The highest BCUT2D eigenvalue weighted by atomic mass is 32.2. The number of rotatable bonds is 12. The van der Waals surface area contributed by atoms with Gasteiger partial charge in [0, 0.05) is 22.4 Å². The quantitative estimate of drug-likeness (QED) is 0.219. The summed E-state index contributed by atoms with van der Waals surface area (Å²) in [6.07, 6.45) is 1.80. The van der Waals surface area contributed by atoms with Crippen molar-refractivity contribution in [1.82, 2.24) is 14.8 Å². The van der Waals surface area contributed by atoms with Gasteiger partial charge in [0.15, 0.2) is 11.0 Å². The molecular formula is C25H32N4O5S3. The summed E-state index contributed by atoms with van der Waals surface area (Å²) in [6, 6.07) is 0. The van der Waals surface area contributed by atoms with Crippen molar-refractivity contribution in [2.24, 2.45) is 0 Å². The van der Waals surface area contributed by atoms with Crippen molar-refractivity contribution in [2.75, 3.05) is 24.3 Å². The van der Waals surface area contributed by atoms with E-state index in [1.54, 1.807) is 32.1 Å². The second kappa shape index (κ2) is 13.2. The molecule has 200 valence electrons. The van der Waals surface area contributed by atoms with E-state index in [0.29, 0.717) is 10.7 Å². The van der Waals surface area contributed by atoms with Gasteiger partial charge in [-0.05, 0) is 51.7 Å². The number of hydrogen-bond donors (Lipinski definition) is 1. The molecule has 0 bridgehead atoms. The number of nitrogens with one attached hydrogen (secondary N) is 1. The molecule has 3 aromatic heterocycles.